The highest BCUT2D eigenvalue weighted by molar-refractivity contribution is 5.93. The molecule has 128 valence electrons. The lowest BCUT2D eigenvalue weighted by atomic mass is 10.0. The molecule has 0 unspecified atom stereocenters. The zero-order valence-corrected chi connectivity index (χ0v) is 14.1. The van der Waals surface area contributed by atoms with Gasteiger partial charge >= 0.3 is 0 Å². The molecule has 25 heavy (non-hydrogen) atoms. The van der Waals surface area contributed by atoms with Crippen LogP contribution in [-0.4, -0.2) is 33.7 Å². The maximum atomic E-state index is 12.4. The van der Waals surface area contributed by atoms with E-state index in [1.807, 2.05) is 43.5 Å². The van der Waals surface area contributed by atoms with Crippen molar-refractivity contribution in [2.75, 3.05) is 18.5 Å². The summed E-state index contributed by atoms with van der Waals surface area (Å²) >= 11 is 0. The Morgan fingerprint density at radius 2 is 2.28 bits per heavy atom. The molecule has 1 aromatic carbocycles. The van der Waals surface area contributed by atoms with Gasteiger partial charge in [0.2, 0.25) is 5.91 Å². The second-order valence-corrected chi connectivity index (χ2v) is 6.39. The lowest BCUT2D eigenvalue weighted by Crippen LogP contribution is -2.30. The molecular weight excluding hydrogens is 316 g/mol. The molecule has 1 aliphatic heterocycles. The molecule has 1 saturated heterocycles. The molecule has 0 radical (unpaired) electrons. The fourth-order valence-electron chi connectivity index (χ4n) is 3.09. The number of ether oxygens (including phenoxy) is 1. The minimum atomic E-state index is -0.0778. The van der Waals surface area contributed by atoms with Gasteiger partial charge in [-0.15, -0.1) is 5.10 Å². The number of nitrogens with one attached hydrogen (secondary N) is 1. The molecule has 0 saturated carbocycles. The molecule has 6 nitrogen and oxygen atoms in total. The number of benzene rings is 1. The molecule has 3 aromatic rings. The van der Waals surface area contributed by atoms with E-state index < -0.39 is 0 Å². The molecule has 1 N–H and O–H groups in total. The van der Waals surface area contributed by atoms with Crippen molar-refractivity contribution in [1.29, 1.82) is 0 Å². The van der Waals surface area contributed by atoms with Crippen LogP contribution < -0.4 is 5.32 Å². The average molecular weight is 336 g/mol. The minimum Gasteiger partial charge on any atom is -0.381 e. The number of aryl methyl sites for hydroxylation is 1. The SMILES string of the molecule is Cc1ccc(NC(=O)[C@@H]2CCCOC2)cc1-c1ncc2cccn2n1. The summed E-state index contributed by atoms with van der Waals surface area (Å²) in [4.78, 5) is 16.9. The first-order valence-electron chi connectivity index (χ1n) is 8.51. The van der Waals surface area contributed by atoms with E-state index in [0.29, 0.717) is 12.4 Å². The van der Waals surface area contributed by atoms with Gasteiger partial charge in [0, 0.05) is 24.1 Å². The third kappa shape index (κ3) is 3.25. The number of carbonyl (C=O) groups excluding carboxylic acids is 1. The first kappa shape index (κ1) is 15.8. The van der Waals surface area contributed by atoms with Crippen LogP contribution in [0.4, 0.5) is 5.69 Å². The van der Waals surface area contributed by atoms with Gasteiger partial charge in [-0.05, 0) is 49.6 Å². The van der Waals surface area contributed by atoms with Crippen molar-refractivity contribution >= 4 is 17.1 Å². The topological polar surface area (TPSA) is 68.5 Å². The molecule has 4 rings (SSSR count). The lowest BCUT2D eigenvalue weighted by molar-refractivity contribution is -0.123. The number of rotatable bonds is 3. The summed E-state index contributed by atoms with van der Waals surface area (Å²) < 4.78 is 7.20. The van der Waals surface area contributed by atoms with E-state index in [1.54, 1.807) is 10.7 Å². The molecule has 2 aromatic heterocycles. The van der Waals surface area contributed by atoms with E-state index in [0.717, 1.165) is 41.8 Å². The van der Waals surface area contributed by atoms with E-state index in [2.05, 4.69) is 15.4 Å². The van der Waals surface area contributed by atoms with Crippen molar-refractivity contribution in [3.8, 4) is 11.4 Å². The summed E-state index contributed by atoms with van der Waals surface area (Å²) in [6.07, 6.45) is 5.50. The third-order valence-corrected chi connectivity index (χ3v) is 4.56. The maximum absolute atomic E-state index is 12.4. The molecule has 6 heteroatoms. The van der Waals surface area contributed by atoms with Gasteiger partial charge in [-0.1, -0.05) is 6.07 Å². The summed E-state index contributed by atoms with van der Waals surface area (Å²) in [7, 11) is 0. The van der Waals surface area contributed by atoms with Crippen LogP contribution in [0.3, 0.4) is 0 Å². The Hall–Kier alpha value is -2.73. The first-order chi connectivity index (χ1) is 12.2. The van der Waals surface area contributed by atoms with Crippen molar-refractivity contribution < 1.29 is 9.53 Å². The van der Waals surface area contributed by atoms with Gasteiger partial charge < -0.3 is 10.1 Å². The fourth-order valence-corrected chi connectivity index (χ4v) is 3.09. The standard InChI is InChI=1S/C19H20N4O2/c1-13-6-7-15(21-19(24)14-4-3-9-25-12-14)10-17(13)18-20-11-16-5-2-8-23(16)22-18/h2,5-8,10-11,14H,3-4,9,12H2,1H3,(H,21,24)/t14-/m1/s1. The monoisotopic (exact) mass is 336 g/mol. The van der Waals surface area contributed by atoms with Crippen LogP contribution in [0.25, 0.3) is 16.9 Å². The zero-order chi connectivity index (χ0) is 17.2. The van der Waals surface area contributed by atoms with Gasteiger partial charge in [0.15, 0.2) is 5.82 Å². The number of hydrogen-bond acceptors (Lipinski definition) is 4. The molecule has 1 amide bonds. The number of carbonyl (C=O) groups is 1. The molecule has 1 aliphatic rings. The van der Waals surface area contributed by atoms with Crippen molar-refractivity contribution in [1.82, 2.24) is 14.6 Å². The Balaban J connectivity index is 1.60. The highest BCUT2D eigenvalue weighted by Crippen LogP contribution is 2.25. The average Bonchev–Trinajstić information content (AvgIpc) is 3.11. The largest absolute Gasteiger partial charge is 0.381 e. The summed E-state index contributed by atoms with van der Waals surface area (Å²) in [6, 6.07) is 9.71. The summed E-state index contributed by atoms with van der Waals surface area (Å²) in [5.74, 6) is 0.570. The predicted molar refractivity (Wildman–Crippen MR) is 95.3 cm³/mol. The smallest absolute Gasteiger partial charge is 0.229 e. The summed E-state index contributed by atoms with van der Waals surface area (Å²) in [5, 5.41) is 7.55. The number of anilines is 1. The van der Waals surface area contributed by atoms with Crippen molar-refractivity contribution in [2.24, 2.45) is 5.92 Å². The van der Waals surface area contributed by atoms with E-state index in [-0.39, 0.29) is 11.8 Å². The fraction of sp³-hybridized carbons (Fsp3) is 0.316. The Morgan fingerprint density at radius 3 is 3.12 bits per heavy atom. The van der Waals surface area contributed by atoms with Gasteiger partial charge in [-0.3, -0.25) is 4.79 Å². The number of nitrogens with zero attached hydrogens (tertiary/aromatic N) is 3. The zero-order valence-electron chi connectivity index (χ0n) is 14.1. The third-order valence-electron chi connectivity index (χ3n) is 4.56. The summed E-state index contributed by atoms with van der Waals surface area (Å²) in [5.41, 5.74) is 3.68. The minimum absolute atomic E-state index is 0.0104. The maximum Gasteiger partial charge on any atom is 0.229 e. The second-order valence-electron chi connectivity index (χ2n) is 6.39. The predicted octanol–water partition coefficient (Wildman–Crippen LogP) is 3.07. The second kappa shape index (κ2) is 6.64. The normalized spacial score (nSPS) is 17.6. The number of hydrogen-bond donors (Lipinski definition) is 1. The highest BCUT2D eigenvalue weighted by atomic mass is 16.5. The lowest BCUT2D eigenvalue weighted by Gasteiger charge is -2.21. The molecule has 1 atom stereocenters. The van der Waals surface area contributed by atoms with Crippen LogP contribution >= 0.6 is 0 Å². The van der Waals surface area contributed by atoms with E-state index in [9.17, 15) is 4.79 Å². The Bertz CT molecular complexity index is 913. The molecule has 1 fully saturated rings. The van der Waals surface area contributed by atoms with Gasteiger partial charge in [0.05, 0.1) is 24.2 Å². The van der Waals surface area contributed by atoms with Crippen molar-refractivity contribution in [3.63, 3.8) is 0 Å². The Morgan fingerprint density at radius 1 is 1.36 bits per heavy atom. The van der Waals surface area contributed by atoms with Crippen LogP contribution in [0, 0.1) is 12.8 Å². The Labute approximate surface area is 145 Å². The van der Waals surface area contributed by atoms with E-state index >= 15 is 0 Å². The quantitative estimate of drug-likeness (QED) is 0.798. The summed E-state index contributed by atoms with van der Waals surface area (Å²) in [6.45, 7) is 3.26. The van der Waals surface area contributed by atoms with Crippen LogP contribution in [0.5, 0.6) is 0 Å². The van der Waals surface area contributed by atoms with Crippen LogP contribution in [0.1, 0.15) is 18.4 Å². The van der Waals surface area contributed by atoms with Gasteiger partial charge in [0.25, 0.3) is 0 Å². The molecule has 3 heterocycles. The van der Waals surface area contributed by atoms with Crippen LogP contribution in [-0.2, 0) is 9.53 Å². The molecule has 0 bridgehead atoms. The first-order valence-corrected chi connectivity index (χ1v) is 8.51. The molecule has 0 spiro atoms. The van der Waals surface area contributed by atoms with Gasteiger partial charge in [-0.25, -0.2) is 9.50 Å². The number of amides is 1. The van der Waals surface area contributed by atoms with Crippen LogP contribution in [0.15, 0.2) is 42.7 Å². The van der Waals surface area contributed by atoms with Gasteiger partial charge in [0.1, 0.15) is 0 Å². The van der Waals surface area contributed by atoms with E-state index in [1.165, 1.54) is 0 Å². The van der Waals surface area contributed by atoms with Crippen LogP contribution in [0.2, 0.25) is 0 Å². The number of fused-ring (bicyclic) bond motifs is 1. The number of aromatic nitrogens is 3. The highest BCUT2D eigenvalue weighted by Gasteiger charge is 2.22. The van der Waals surface area contributed by atoms with E-state index in [4.69, 9.17) is 4.74 Å². The molecular formula is C19H20N4O2. The molecule has 0 aliphatic carbocycles. The van der Waals surface area contributed by atoms with Gasteiger partial charge in [-0.2, -0.15) is 0 Å². The van der Waals surface area contributed by atoms with Crippen molar-refractivity contribution in [3.05, 3.63) is 48.3 Å². The van der Waals surface area contributed by atoms with Crippen molar-refractivity contribution in [2.45, 2.75) is 19.8 Å². The Kier molecular flexibility index (Phi) is 4.19.